The van der Waals surface area contributed by atoms with Gasteiger partial charge in [0.25, 0.3) is 0 Å². The normalized spacial score (nSPS) is 16.3. The van der Waals surface area contributed by atoms with Gasteiger partial charge in [0.05, 0.1) is 5.92 Å². The molecule has 0 spiro atoms. The Morgan fingerprint density at radius 2 is 1.80 bits per heavy atom. The molecule has 5 nitrogen and oxygen atoms in total. The number of carbonyl (C=O) groups is 1. The number of aromatic nitrogens is 2. The van der Waals surface area contributed by atoms with Crippen LogP contribution >= 0.6 is 0 Å². The lowest BCUT2D eigenvalue weighted by molar-refractivity contribution is -0.125. The molecule has 1 fully saturated rings. The predicted molar refractivity (Wildman–Crippen MR) is 120 cm³/mol. The minimum Gasteiger partial charge on any atom is -0.352 e. The van der Waals surface area contributed by atoms with Crippen molar-refractivity contribution in [2.45, 2.75) is 33.2 Å². The topological polar surface area (TPSA) is 58.1 Å². The molecule has 2 aromatic carbocycles. The third-order valence-electron chi connectivity index (χ3n) is 5.65. The maximum Gasteiger partial charge on any atom is 0.225 e. The Balaban J connectivity index is 1.37. The minimum atomic E-state index is -0.0380. The Morgan fingerprint density at radius 1 is 1.03 bits per heavy atom. The van der Waals surface area contributed by atoms with Crippen molar-refractivity contribution in [3.05, 3.63) is 77.6 Å². The van der Waals surface area contributed by atoms with Crippen LogP contribution in [0.1, 0.15) is 29.5 Å². The first-order valence-electron chi connectivity index (χ1n) is 10.6. The van der Waals surface area contributed by atoms with E-state index < -0.39 is 0 Å². The molecule has 4 rings (SSSR count). The largest absolute Gasteiger partial charge is 0.352 e. The Labute approximate surface area is 178 Å². The van der Waals surface area contributed by atoms with Gasteiger partial charge in [0.1, 0.15) is 0 Å². The number of carbonyl (C=O) groups excluding carboxylic acids is 1. The van der Waals surface area contributed by atoms with E-state index in [1.807, 2.05) is 24.5 Å². The van der Waals surface area contributed by atoms with Gasteiger partial charge in [0, 0.05) is 37.6 Å². The van der Waals surface area contributed by atoms with E-state index in [9.17, 15) is 4.79 Å². The standard InChI is InChI=1S/C25H28N4O/c1-18-8-10-21(11-9-18)23-15-27-25(28-16-23)29-12-4-7-22(17-29)24(30)26-14-20-6-3-5-19(2)13-20/h3,5-6,8-11,13,15-16,22H,4,7,12,14,17H2,1-2H3,(H,26,30)/t22-/m1/s1. The Bertz CT molecular complexity index is 998. The molecular formula is C25H28N4O. The number of anilines is 1. The Kier molecular flexibility index (Phi) is 6.07. The van der Waals surface area contributed by atoms with Crippen LogP contribution in [0.25, 0.3) is 11.1 Å². The summed E-state index contributed by atoms with van der Waals surface area (Å²) in [6.45, 7) is 6.25. The van der Waals surface area contributed by atoms with Crippen LogP contribution in [0.3, 0.4) is 0 Å². The number of nitrogens with zero attached hydrogens (tertiary/aromatic N) is 3. The number of hydrogen-bond acceptors (Lipinski definition) is 4. The van der Waals surface area contributed by atoms with E-state index in [4.69, 9.17) is 0 Å². The second kappa shape index (κ2) is 9.08. The highest BCUT2D eigenvalue weighted by atomic mass is 16.1. The van der Waals surface area contributed by atoms with Gasteiger partial charge in [-0.3, -0.25) is 4.79 Å². The van der Waals surface area contributed by atoms with Crippen molar-refractivity contribution >= 4 is 11.9 Å². The highest BCUT2D eigenvalue weighted by Crippen LogP contribution is 2.23. The van der Waals surface area contributed by atoms with Crippen LogP contribution in [-0.4, -0.2) is 29.0 Å². The van der Waals surface area contributed by atoms with Gasteiger partial charge in [0.15, 0.2) is 0 Å². The van der Waals surface area contributed by atoms with Crippen molar-refractivity contribution in [3.63, 3.8) is 0 Å². The third kappa shape index (κ3) is 4.85. The summed E-state index contributed by atoms with van der Waals surface area (Å²) in [5, 5.41) is 3.10. The molecule has 0 radical (unpaired) electrons. The van der Waals surface area contributed by atoms with Gasteiger partial charge < -0.3 is 10.2 Å². The molecule has 1 atom stereocenters. The molecule has 1 saturated heterocycles. The lowest BCUT2D eigenvalue weighted by atomic mass is 9.97. The van der Waals surface area contributed by atoms with E-state index in [2.05, 4.69) is 70.4 Å². The van der Waals surface area contributed by atoms with E-state index in [-0.39, 0.29) is 11.8 Å². The molecule has 1 aliphatic heterocycles. The van der Waals surface area contributed by atoms with Crippen molar-refractivity contribution in [3.8, 4) is 11.1 Å². The quantitative estimate of drug-likeness (QED) is 0.694. The van der Waals surface area contributed by atoms with Crippen LogP contribution in [0.2, 0.25) is 0 Å². The van der Waals surface area contributed by atoms with E-state index in [0.717, 1.165) is 36.1 Å². The van der Waals surface area contributed by atoms with Gasteiger partial charge in [-0.25, -0.2) is 9.97 Å². The maximum atomic E-state index is 12.7. The summed E-state index contributed by atoms with van der Waals surface area (Å²) in [6.07, 6.45) is 5.60. The zero-order chi connectivity index (χ0) is 20.9. The molecule has 1 amide bonds. The SMILES string of the molecule is Cc1ccc(-c2cnc(N3CCC[C@@H](C(=O)NCc4cccc(C)c4)C3)nc2)cc1. The summed E-state index contributed by atoms with van der Waals surface area (Å²) in [4.78, 5) is 24.0. The summed E-state index contributed by atoms with van der Waals surface area (Å²) in [7, 11) is 0. The molecule has 3 aromatic rings. The third-order valence-corrected chi connectivity index (χ3v) is 5.65. The molecule has 1 N–H and O–H groups in total. The van der Waals surface area contributed by atoms with Crippen LogP contribution < -0.4 is 10.2 Å². The summed E-state index contributed by atoms with van der Waals surface area (Å²) in [5.74, 6) is 0.767. The molecule has 0 saturated carbocycles. The molecule has 1 aliphatic rings. The van der Waals surface area contributed by atoms with Gasteiger partial charge >= 0.3 is 0 Å². The summed E-state index contributed by atoms with van der Waals surface area (Å²) >= 11 is 0. The van der Waals surface area contributed by atoms with Gasteiger partial charge in [-0.1, -0.05) is 59.7 Å². The van der Waals surface area contributed by atoms with Crippen molar-refractivity contribution in [2.75, 3.05) is 18.0 Å². The first-order valence-corrected chi connectivity index (χ1v) is 10.6. The summed E-state index contributed by atoms with van der Waals surface area (Å²) in [5.41, 5.74) is 5.68. The number of nitrogens with one attached hydrogen (secondary N) is 1. The highest BCUT2D eigenvalue weighted by molar-refractivity contribution is 5.79. The molecule has 0 aliphatic carbocycles. The van der Waals surface area contributed by atoms with Gasteiger partial charge in [0.2, 0.25) is 11.9 Å². The molecule has 5 heteroatoms. The first-order chi connectivity index (χ1) is 14.6. The molecule has 2 heterocycles. The fraction of sp³-hybridized carbons (Fsp3) is 0.320. The highest BCUT2D eigenvalue weighted by Gasteiger charge is 2.27. The average molecular weight is 401 g/mol. The van der Waals surface area contributed by atoms with Crippen LogP contribution in [-0.2, 0) is 11.3 Å². The van der Waals surface area contributed by atoms with E-state index >= 15 is 0 Å². The van der Waals surface area contributed by atoms with Gasteiger partial charge in [-0.15, -0.1) is 0 Å². The van der Waals surface area contributed by atoms with Crippen molar-refractivity contribution in [2.24, 2.45) is 5.92 Å². The van der Waals surface area contributed by atoms with E-state index in [1.54, 1.807) is 0 Å². The molecule has 154 valence electrons. The van der Waals surface area contributed by atoms with Gasteiger partial charge in [-0.05, 0) is 37.8 Å². The molecule has 30 heavy (non-hydrogen) atoms. The Morgan fingerprint density at radius 3 is 2.53 bits per heavy atom. The second-order valence-electron chi connectivity index (χ2n) is 8.13. The Hall–Kier alpha value is -3.21. The second-order valence-corrected chi connectivity index (χ2v) is 8.13. The van der Waals surface area contributed by atoms with Crippen LogP contribution in [0.15, 0.2) is 60.9 Å². The van der Waals surface area contributed by atoms with Crippen molar-refractivity contribution < 1.29 is 4.79 Å². The summed E-state index contributed by atoms with van der Waals surface area (Å²) in [6, 6.07) is 16.6. The van der Waals surface area contributed by atoms with Crippen LogP contribution in [0.4, 0.5) is 5.95 Å². The lowest BCUT2D eigenvalue weighted by Crippen LogP contribution is -2.43. The monoisotopic (exact) mass is 400 g/mol. The molecule has 1 aromatic heterocycles. The number of benzene rings is 2. The maximum absolute atomic E-state index is 12.7. The molecule has 0 unspecified atom stereocenters. The number of amides is 1. The number of hydrogen-bond donors (Lipinski definition) is 1. The number of piperidine rings is 1. The predicted octanol–water partition coefficient (Wildman–Crippen LogP) is 4.29. The smallest absolute Gasteiger partial charge is 0.225 e. The van der Waals surface area contributed by atoms with Crippen LogP contribution in [0.5, 0.6) is 0 Å². The number of rotatable bonds is 5. The average Bonchev–Trinajstić information content (AvgIpc) is 2.78. The van der Waals surface area contributed by atoms with E-state index in [0.29, 0.717) is 19.0 Å². The summed E-state index contributed by atoms with van der Waals surface area (Å²) < 4.78 is 0. The fourth-order valence-electron chi connectivity index (χ4n) is 3.91. The van der Waals surface area contributed by atoms with Crippen molar-refractivity contribution in [1.82, 2.24) is 15.3 Å². The number of aryl methyl sites for hydroxylation is 2. The lowest BCUT2D eigenvalue weighted by Gasteiger charge is -2.32. The zero-order valence-corrected chi connectivity index (χ0v) is 17.6. The van der Waals surface area contributed by atoms with Crippen LogP contribution in [0, 0.1) is 19.8 Å². The van der Waals surface area contributed by atoms with Crippen molar-refractivity contribution in [1.29, 1.82) is 0 Å². The molecular weight excluding hydrogens is 372 g/mol. The van der Waals surface area contributed by atoms with Gasteiger partial charge in [-0.2, -0.15) is 0 Å². The molecule has 0 bridgehead atoms. The fourth-order valence-corrected chi connectivity index (χ4v) is 3.91. The first kappa shape index (κ1) is 20.1. The van der Waals surface area contributed by atoms with E-state index in [1.165, 1.54) is 11.1 Å². The zero-order valence-electron chi connectivity index (χ0n) is 17.6. The minimum absolute atomic E-state index is 0.0380.